The van der Waals surface area contributed by atoms with Gasteiger partial charge in [-0.05, 0) is 30.5 Å². The lowest BCUT2D eigenvalue weighted by molar-refractivity contribution is -0.138. The Labute approximate surface area is 129 Å². The summed E-state index contributed by atoms with van der Waals surface area (Å²) in [7, 11) is 1.58. The van der Waals surface area contributed by atoms with Gasteiger partial charge in [0.05, 0.1) is 7.11 Å². The molecule has 0 unspecified atom stereocenters. The van der Waals surface area contributed by atoms with Crippen molar-refractivity contribution in [3.63, 3.8) is 0 Å². The fraction of sp³-hybridized carbons (Fsp3) is 0.625. The molecule has 1 heterocycles. The average molecular weight is 316 g/mol. The molecule has 1 aromatic rings. The lowest BCUT2D eigenvalue weighted by Crippen LogP contribution is -2.45. The van der Waals surface area contributed by atoms with Crippen LogP contribution < -0.4 is 10.1 Å². The molecule has 0 bridgehead atoms. The normalized spacial score (nSPS) is 18.2. The first-order valence-corrected chi connectivity index (χ1v) is 7.57. The Bertz CT molecular complexity index is 485. The number of hydrogen-bond donors (Lipinski definition) is 1. The topological polar surface area (TPSA) is 24.5 Å². The van der Waals surface area contributed by atoms with Gasteiger partial charge in [0.25, 0.3) is 0 Å². The first-order valence-electron chi connectivity index (χ1n) is 7.57. The van der Waals surface area contributed by atoms with Crippen LogP contribution in [0, 0.1) is 6.92 Å². The summed E-state index contributed by atoms with van der Waals surface area (Å²) in [5, 5.41) is 3.24. The van der Waals surface area contributed by atoms with Crippen molar-refractivity contribution in [2.75, 3.05) is 33.3 Å². The van der Waals surface area contributed by atoms with Crippen molar-refractivity contribution in [3.05, 3.63) is 29.3 Å². The maximum atomic E-state index is 12.7. The van der Waals surface area contributed by atoms with E-state index in [0.717, 1.165) is 43.1 Å². The first-order chi connectivity index (χ1) is 10.4. The second-order valence-electron chi connectivity index (χ2n) is 5.68. The summed E-state index contributed by atoms with van der Waals surface area (Å²) >= 11 is 0. The van der Waals surface area contributed by atoms with Gasteiger partial charge in [-0.2, -0.15) is 13.2 Å². The second kappa shape index (κ2) is 7.33. The van der Waals surface area contributed by atoms with Gasteiger partial charge in [-0.15, -0.1) is 0 Å². The fourth-order valence-electron chi connectivity index (χ4n) is 2.90. The number of nitrogens with one attached hydrogen (secondary N) is 1. The number of nitrogens with zero attached hydrogens (tertiary/aromatic N) is 1. The molecule has 3 nitrogen and oxygen atoms in total. The molecule has 6 heteroatoms. The Morgan fingerprint density at radius 3 is 2.55 bits per heavy atom. The molecule has 1 aliphatic rings. The number of ether oxygens (including phenoxy) is 1. The fourth-order valence-corrected chi connectivity index (χ4v) is 2.90. The summed E-state index contributed by atoms with van der Waals surface area (Å²) < 4.78 is 43.3. The van der Waals surface area contributed by atoms with Crippen LogP contribution in [-0.4, -0.2) is 44.4 Å². The van der Waals surface area contributed by atoms with Crippen molar-refractivity contribution >= 4 is 0 Å². The Balaban J connectivity index is 2.22. The van der Waals surface area contributed by atoms with E-state index in [0.29, 0.717) is 0 Å². The number of methoxy groups -OCH3 is 1. The molecule has 0 amide bonds. The van der Waals surface area contributed by atoms with Crippen molar-refractivity contribution in [1.29, 1.82) is 0 Å². The lowest BCUT2D eigenvalue weighted by atomic mass is 9.97. The van der Waals surface area contributed by atoms with Gasteiger partial charge in [0.15, 0.2) is 0 Å². The molecule has 1 N–H and O–H groups in total. The van der Waals surface area contributed by atoms with E-state index in [1.54, 1.807) is 7.11 Å². The monoisotopic (exact) mass is 316 g/mol. The molecular weight excluding hydrogens is 293 g/mol. The molecule has 1 aliphatic heterocycles. The standard InChI is InChI=1S/C16H23F3N2O/c1-12-3-4-13(11-15(12)22-2)14(5-6-16(17,18)19)21-9-7-20-8-10-21/h3-4,11,14,20H,5-10H2,1-2H3/t14-/m0/s1. The number of alkyl halides is 3. The van der Waals surface area contributed by atoms with Crippen molar-refractivity contribution in [3.8, 4) is 5.75 Å². The van der Waals surface area contributed by atoms with Crippen molar-refractivity contribution in [1.82, 2.24) is 10.2 Å². The van der Waals surface area contributed by atoms with E-state index in [4.69, 9.17) is 4.74 Å². The Hall–Kier alpha value is -1.27. The molecule has 0 aromatic heterocycles. The third-order valence-electron chi connectivity index (χ3n) is 4.11. The smallest absolute Gasteiger partial charge is 0.389 e. The molecule has 0 radical (unpaired) electrons. The Morgan fingerprint density at radius 2 is 1.95 bits per heavy atom. The van der Waals surface area contributed by atoms with Crippen LogP contribution in [0.5, 0.6) is 5.75 Å². The van der Waals surface area contributed by atoms with Gasteiger partial charge in [0, 0.05) is 38.6 Å². The maximum Gasteiger partial charge on any atom is 0.389 e. The summed E-state index contributed by atoms with van der Waals surface area (Å²) in [5.41, 5.74) is 1.88. The van der Waals surface area contributed by atoms with Gasteiger partial charge in [-0.1, -0.05) is 12.1 Å². The van der Waals surface area contributed by atoms with Crippen LogP contribution in [0.15, 0.2) is 18.2 Å². The van der Waals surface area contributed by atoms with Crippen LogP contribution in [0.1, 0.15) is 30.0 Å². The van der Waals surface area contributed by atoms with Crippen LogP contribution >= 0.6 is 0 Å². The molecule has 0 aliphatic carbocycles. The van der Waals surface area contributed by atoms with E-state index in [-0.39, 0.29) is 12.5 Å². The quantitative estimate of drug-likeness (QED) is 0.902. The van der Waals surface area contributed by atoms with Crippen LogP contribution in [0.25, 0.3) is 0 Å². The zero-order chi connectivity index (χ0) is 16.2. The van der Waals surface area contributed by atoms with Crippen molar-refractivity contribution < 1.29 is 17.9 Å². The molecule has 0 saturated carbocycles. The van der Waals surface area contributed by atoms with Crippen LogP contribution in [-0.2, 0) is 0 Å². The predicted octanol–water partition coefficient (Wildman–Crippen LogP) is 3.29. The van der Waals surface area contributed by atoms with E-state index >= 15 is 0 Å². The number of aryl methyl sites for hydroxylation is 1. The maximum absolute atomic E-state index is 12.7. The second-order valence-corrected chi connectivity index (χ2v) is 5.68. The van der Waals surface area contributed by atoms with Crippen LogP contribution in [0.3, 0.4) is 0 Å². The highest BCUT2D eigenvalue weighted by Gasteiger charge is 2.31. The molecule has 1 saturated heterocycles. The molecular formula is C16H23F3N2O. The molecule has 2 rings (SSSR count). The summed E-state index contributed by atoms with van der Waals surface area (Å²) in [6.45, 7) is 5.08. The molecule has 1 aromatic carbocycles. The Kier molecular flexibility index (Phi) is 5.69. The molecule has 124 valence electrons. The van der Waals surface area contributed by atoms with Crippen molar-refractivity contribution in [2.24, 2.45) is 0 Å². The largest absolute Gasteiger partial charge is 0.496 e. The minimum atomic E-state index is -4.12. The Morgan fingerprint density at radius 1 is 1.27 bits per heavy atom. The number of benzene rings is 1. The zero-order valence-electron chi connectivity index (χ0n) is 13.0. The van der Waals surface area contributed by atoms with Gasteiger partial charge < -0.3 is 10.1 Å². The van der Waals surface area contributed by atoms with E-state index in [1.807, 2.05) is 25.1 Å². The number of hydrogen-bond acceptors (Lipinski definition) is 3. The third kappa shape index (κ3) is 4.61. The van der Waals surface area contributed by atoms with Gasteiger partial charge in [-0.3, -0.25) is 4.90 Å². The average Bonchev–Trinajstić information content (AvgIpc) is 2.49. The number of halogens is 3. The molecule has 0 spiro atoms. The lowest BCUT2D eigenvalue weighted by Gasteiger charge is -2.35. The van der Waals surface area contributed by atoms with E-state index < -0.39 is 12.6 Å². The van der Waals surface area contributed by atoms with Crippen molar-refractivity contribution in [2.45, 2.75) is 32.0 Å². The van der Waals surface area contributed by atoms with Gasteiger partial charge >= 0.3 is 6.18 Å². The summed E-state index contributed by atoms with van der Waals surface area (Å²) in [4.78, 5) is 2.13. The SMILES string of the molecule is COc1cc([C@H](CCC(F)(F)F)N2CCNCC2)ccc1C. The van der Waals surface area contributed by atoms with Crippen LogP contribution in [0.2, 0.25) is 0 Å². The van der Waals surface area contributed by atoms with Gasteiger partial charge in [-0.25, -0.2) is 0 Å². The highest BCUT2D eigenvalue weighted by molar-refractivity contribution is 5.38. The summed E-state index contributed by atoms with van der Waals surface area (Å²) in [5.74, 6) is 0.727. The molecule has 1 atom stereocenters. The van der Waals surface area contributed by atoms with E-state index in [9.17, 15) is 13.2 Å². The summed E-state index contributed by atoms with van der Waals surface area (Å²) in [6, 6.07) is 5.48. The first kappa shape index (κ1) is 17.1. The third-order valence-corrected chi connectivity index (χ3v) is 4.11. The summed E-state index contributed by atoms with van der Waals surface area (Å²) in [6.07, 6.45) is -4.81. The van der Waals surface area contributed by atoms with E-state index in [1.165, 1.54) is 0 Å². The zero-order valence-corrected chi connectivity index (χ0v) is 13.0. The minimum absolute atomic E-state index is 0.0791. The number of piperazine rings is 1. The van der Waals surface area contributed by atoms with Gasteiger partial charge in [0.2, 0.25) is 0 Å². The minimum Gasteiger partial charge on any atom is -0.496 e. The predicted molar refractivity (Wildman–Crippen MR) is 80.2 cm³/mol. The van der Waals surface area contributed by atoms with Crippen LogP contribution in [0.4, 0.5) is 13.2 Å². The van der Waals surface area contributed by atoms with Gasteiger partial charge in [0.1, 0.15) is 5.75 Å². The molecule has 22 heavy (non-hydrogen) atoms. The van der Waals surface area contributed by atoms with E-state index in [2.05, 4.69) is 10.2 Å². The molecule has 1 fully saturated rings. The number of rotatable bonds is 5. The highest BCUT2D eigenvalue weighted by Crippen LogP contribution is 2.33. The highest BCUT2D eigenvalue weighted by atomic mass is 19.4.